The van der Waals surface area contributed by atoms with E-state index < -0.39 is 0 Å². The van der Waals surface area contributed by atoms with Crippen LogP contribution >= 0.6 is 0 Å². The molecule has 1 aliphatic rings. The molecule has 21 heavy (non-hydrogen) atoms. The number of likely N-dealkylation sites (N-methyl/N-ethyl adjacent to an activating group) is 1. The first-order valence-electron chi connectivity index (χ1n) is 7.89. The third kappa shape index (κ3) is 5.10. The summed E-state index contributed by atoms with van der Waals surface area (Å²) in [5.74, 6) is 0. The van der Waals surface area contributed by atoms with Crippen molar-refractivity contribution in [2.24, 2.45) is 0 Å². The smallest absolute Gasteiger partial charge is 0.102 e. The maximum Gasteiger partial charge on any atom is 0.102 e. The van der Waals surface area contributed by atoms with Gasteiger partial charge < -0.3 is 26.0 Å². The fourth-order valence-electron chi connectivity index (χ4n) is 2.87. The lowest BCUT2D eigenvalue weighted by Gasteiger charge is -2.37. The number of benzene rings is 1. The molecule has 1 aromatic carbocycles. The summed E-state index contributed by atoms with van der Waals surface area (Å²) in [6, 6.07) is 5.48. The van der Waals surface area contributed by atoms with Crippen LogP contribution in [0.5, 0.6) is 0 Å². The summed E-state index contributed by atoms with van der Waals surface area (Å²) in [5.41, 5.74) is 14.0. The summed E-state index contributed by atoms with van der Waals surface area (Å²) in [7, 11) is 2.34. The predicted molar refractivity (Wildman–Crippen MR) is 89.2 cm³/mol. The Hall–Kier alpha value is -1.46. The summed E-state index contributed by atoms with van der Waals surface area (Å²) in [6.45, 7) is 5.96. The molecule has 0 unspecified atom stereocenters. The van der Waals surface area contributed by atoms with Crippen molar-refractivity contribution in [3.8, 4) is 0 Å². The SMILES string of the molecule is C[N+]1(CCOCCNc2cc(N)ccc2N)CCCCC1. The molecule has 118 valence electrons. The van der Waals surface area contributed by atoms with Crippen molar-refractivity contribution in [1.29, 1.82) is 0 Å². The highest BCUT2D eigenvalue weighted by atomic mass is 16.5. The van der Waals surface area contributed by atoms with Gasteiger partial charge >= 0.3 is 0 Å². The minimum atomic E-state index is 0.689. The van der Waals surface area contributed by atoms with Gasteiger partial charge in [0.2, 0.25) is 0 Å². The Labute approximate surface area is 127 Å². The number of nitrogen functional groups attached to an aromatic ring is 2. The van der Waals surface area contributed by atoms with Crippen LogP contribution in [0.15, 0.2) is 18.2 Å². The van der Waals surface area contributed by atoms with E-state index in [-0.39, 0.29) is 0 Å². The second kappa shape index (κ2) is 7.52. The number of rotatable bonds is 7. The van der Waals surface area contributed by atoms with Crippen molar-refractivity contribution < 1.29 is 9.22 Å². The topological polar surface area (TPSA) is 73.3 Å². The van der Waals surface area contributed by atoms with Gasteiger partial charge in [0, 0.05) is 12.2 Å². The molecular formula is C16H29N4O+. The Balaban J connectivity index is 1.60. The molecule has 2 rings (SSSR count). The van der Waals surface area contributed by atoms with Crippen LogP contribution < -0.4 is 16.8 Å². The van der Waals surface area contributed by atoms with E-state index in [4.69, 9.17) is 16.2 Å². The molecule has 0 atom stereocenters. The lowest BCUT2D eigenvalue weighted by atomic mass is 10.1. The van der Waals surface area contributed by atoms with Crippen LogP contribution in [-0.4, -0.2) is 50.9 Å². The maximum atomic E-state index is 5.88. The summed E-state index contributed by atoms with van der Waals surface area (Å²) < 4.78 is 6.91. The van der Waals surface area contributed by atoms with Gasteiger partial charge in [-0.15, -0.1) is 0 Å². The van der Waals surface area contributed by atoms with Gasteiger partial charge in [-0.1, -0.05) is 0 Å². The van der Waals surface area contributed by atoms with E-state index in [1.165, 1.54) is 32.4 Å². The van der Waals surface area contributed by atoms with Gasteiger partial charge in [0.1, 0.15) is 6.54 Å². The molecule has 1 aliphatic heterocycles. The van der Waals surface area contributed by atoms with Crippen LogP contribution in [0, 0.1) is 0 Å². The molecule has 5 heteroatoms. The third-order valence-electron chi connectivity index (χ3n) is 4.31. The number of hydrogen-bond acceptors (Lipinski definition) is 4. The van der Waals surface area contributed by atoms with Crippen LogP contribution in [0.25, 0.3) is 0 Å². The fraction of sp³-hybridized carbons (Fsp3) is 0.625. The largest absolute Gasteiger partial charge is 0.399 e. The monoisotopic (exact) mass is 293 g/mol. The van der Waals surface area contributed by atoms with Gasteiger partial charge in [-0.2, -0.15) is 0 Å². The van der Waals surface area contributed by atoms with Crippen LogP contribution in [0.3, 0.4) is 0 Å². The zero-order valence-electron chi connectivity index (χ0n) is 13.1. The van der Waals surface area contributed by atoms with E-state index in [1.54, 1.807) is 6.07 Å². The van der Waals surface area contributed by atoms with Crippen molar-refractivity contribution in [3.63, 3.8) is 0 Å². The molecule has 1 aromatic rings. The number of ether oxygens (including phenoxy) is 1. The Morgan fingerprint density at radius 1 is 1.14 bits per heavy atom. The second-order valence-corrected chi connectivity index (χ2v) is 6.24. The Kier molecular flexibility index (Phi) is 5.70. The Morgan fingerprint density at radius 3 is 2.67 bits per heavy atom. The van der Waals surface area contributed by atoms with E-state index in [0.29, 0.717) is 6.61 Å². The van der Waals surface area contributed by atoms with Crippen LogP contribution in [0.1, 0.15) is 19.3 Å². The van der Waals surface area contributed by atoms with Crippen LogP contribution in [-0.2, 0) is 4.74 Å². The van der Waals surface area contributed by atoms with Crippen molar-refractivity contribution in [2.45, 2.75) is 19.3 Å². The van der Waals surface area contributed by atoms with E-state index in [1.807, 2.05) is 12.1 Å². The van der Waals surface area contributed by atoms with E-state index >= 15 is 0 Å². The van der Waals surface area contributed by atoms with Gasteiger partial charge in [0.15, 0.2) is 0 Å². The lowest BCUT2D eigenvalue weighted by molar-refractivity contribution is -0.914. The van der Waals surface area contributed by atoms with Gasteiger partial charge in [-0.3, -0.25) is 0 Å². The quantitative estimate of drug-likeness (QED) is 0.408. The molecule has 0 radical (unpaired) electrons. The number of anilines is 3. The van der Waals surface area contributed by atoms with Crippen LogP contribution in [0.4, 0.5) is 17.1 Å². The maximum absolute atomic E-state index is 5.88. The van der Waals surface area contributed by atoms with Gasteiger partial charge in [0.05, 0.1) is 44.7 Å². The summed E-state index contributed by atoms with van der Waals surface area (Å²) in [4.78, 5) is 0. The average molecular weight is 293 g/mol. The number of nitrogens with one attached hydrogen (secondary N) is 1. The molecular weight excluding hydrogens is 264 g/mol. The van der Waals surface area contributed by atoms with Crippen molar-refractivity contribution in [2.75, 3.05) is 63.2 Å². The first-order valence-corrected chi connectivity index (χ1v) is 7.89. The Morgan fingerprint density at radius 2 is 1.90 bits per heavy atom. The minimum absolute atomic E-state index is 0.689. The predicted octanol–water partition coefficient (Wildman–Crippen LogP) is 1.91. The number of likely N-dealkylation sites (tertiary alicyclic amines) is 1. The molecule has 5 N–H and O–H groups in total. The summed E-state index contributed by atoms with van der Waals surface area (Å²) in [5, 5.41) is 3.27. The highest BCUT2D eigenvalue weighted by Crippen LogP contribution is 2.20. The molecule has 1 heterocycles. The van der Waals surface area contributed by atoms with Gasteiger partial charge in [-0.05, 0) is 37.5 Å². The average Bonchev–Trinajstić information content (AvgIpc) is 2.47. The van der Waals surface area contributed by atoms with Crippen LogP contribution in [0.2, 0.25) is 0 Å². The lowest BCUT2D eigenvalue weighted by Crippen LogP contribution is -2.49. The standard InChI is InChI=1S/C16H29N4O/c1-20(8-3-2-4-9-20)10-12-21-11-7-19-16-13-14(17)5-6-15(16)18/h5-6,13,19H,2-4,7-12,17-18H2,1H3/q+1. The molecule has 0 spiro atoms. The molecule has 0 amide bonds. The normalized spacial score (nSPS) is 17.6. The second-order valence-electron chi connectivity index (χ2n) is 6.24. The van der Waals surface area contributed by atoms with E-state index in [0.717, 1.165) is 41.2 Å². The molecule has 0 aromatic heterocycles. The minimum Gasteiger partial charge on any atom is -0.399 e. The number of quaternary nitrogens is 1. The van der Waals surface area contributed by atoms with Crippen molar-refractivity contribution >= 4 is 17.1 Å². The number of hydrogen-bond donors (Lipinski definition) is 3. The molecule has 0 aliphatic carbocycles. The number of nitrogens with two attached hydrogens (primary N) is 2. The zero-order chi connectivity index (χ0) is 15.1. The highest BCUT2D eigenvalue weighted by molar-refractivity contribution is 5.70. The van der Waals surface area contributed by atoms with E-state index in [2.05, 4.69) is 12.4 Å². The third-order valence-corrected chi connectivity index (χ3v) is 4.31. The summed E-state index contributed by atoms with van der Waals surface area (Å²) in [6.07, 6.45) is 4.10. The van der Waals surface area contributed by atoms with Gasteiger partial charge in [0.25, 0.3) is 0 Å². The fourth-order valence-corrected chi connectivity index (χ4v) is 2.87. The van der Waals surface area contributed by atoms with Crippen molar-refractivity contribution in [1.82, 2.24) is 0 Å². The zero-order valence-corrected chi connectivity index (χ0v) is 13.1. The molecule has 1 fully saturated rings. The Bertz CT molecular complexity index is 444. The molecule has 5 nitrogen and oxygen atoms in total. The van der Waals surface area contributed by atoms with Gasteiger partial charge in [-0.25, -0.2) is 0 Å². The van der Waals surface area contributed by atoms with Crippen molar-refractivity contribution in [3.05, 3.63) is 18.2 Å². The molecule has 0 bridgehead atoms. The molecule has 1 saturated heterocycles. The number of piperidine rings is 1. The first-order chi connectivity index (χ1) is 10.1. The number of nitrogens with zero attached hydrogens (tertiary/aromatic N) is 1. The van der Waals surface area contributed by atoms with E-state index in [9.17, 15) is 0 Å². The first kappa shape index (κ1) is 15.9. The molecule has 0 saturated carbocycles. The highest BCUT2D eigenvalue weighted by Gasteiger charge is 2.23. The summed E-state index contributed by atoms with van der Waals surface area (Å²) >= 11 is 0.